The first kappa shape index (κ1) is 45.0. The van der Waals surface area contributed by atoms with E-state index in [4.69, 9.17) is 20.9 Å². The number of fused-ring (bicyclic) bond motifs is 1. The van der Waals surface area contributed by atoms with Crippen LogP contribution in [0.3, 0.4) is 0 Å². The van der Waals surface area contributed by atoms with E-state index >= 15 is 4.79 Å². The van der Waals surface area contributed by atoms with Gasteiger partial charge in [-0.25, -0.2) is 4.79 Å². The normalized spacial score (nSPS) is 18.4. The summed E-state index contributed by atoms with van der Waals surface area (Å²) in [4.78, 5) is 71.0. The van der Waals surface area contributed by atoms with E-state index in [2.05, 4.69) is 10.6 Å². The molecule has 2 aromatic rings. The fourth-order valence-electron chi connectivity index (χ4n) is 8.17. The number of hydrogen-bond acceptors (Lipinski definition) is 9. The number of nitrogens with one attached hydrogen (secondary N) is 2. The molecule has 2 aliphatic rings. The first-order valence-corrected chi connectivity index (χ1v) is 19.8. The fourth-order valence-corrected chi connectivity index (χ4v) is 8.17. The van der Waals surface area contributed by atoms with Gasteiger partial charge in [-0.2, -0.15) is 13.2 Å². The Morgan fingerprint density at radius 1 is 0.965 bits per heavy atom. The molecule has 0 radical (unpaired) electrons. The number of halogens is 3. The zero-order valence-electron chi connectivity index (χ0n) is 33.5. The third kappa shape index (κ3) is 11.7. The van der Waals surface area contributed by atoms with Gasteiger partial charge in [-0.15, -0.1) is 0 Å². The molecule has 6 N–H and O–H groups in total. The molecule has 1 aliphatic carbocycles. The van der Waals surface area contributed by atoms with E-state index in [-0.39, 0.29) is 50.2 Å². The average molecular weight is 802 g/mol. The Bertz CT molecular complexity index is 1720. The second-order valence-corrected chi connectivity index (χ2v) is 16.3. The number of ether oxygens (including phenoxy) is 2. The highest BCUT2D eigenvalue weighted by Crippen LogP contribution is 2.47. The predicted molar refractivity (Wildman–Crippen MR) is 208 cm³/mol. The van der Waals surface area contributed by atoms with Crippen LogP contribution in [0, 0.1) is 17.8 Å². The minimum Gasteiger partial charge on any atom is -0.493 e. The molecule has 4 amide bonds. The number of rotatable bonds is 17. The Labute approximate surface area is 332 Å². The van der Waals surface area contributed by atoms with Crippen LogP contribution in [0.15, 0.2) is 48.5 Å². The van der Waals surface area contributed by atoms with Crippen LogP contribution in [0.5, 0.6) is 5.75 Å². The maximum absolute atomic E-state index is 15.6. The number of nitrogen functional groups attached to an aromatic ring is 1. The van der Waals surface area contributed by atoms with E-state index in [0.29, 0.717) is 35.4 Å². The summed E-state index contributed by atoms with van der Waals surface area (Å²) in [5.41, 5.74) is 12.2. The molecule has 1 unspecified atom stereocenters. The lowest BCUT2D eigenvalue weighted by Crippen LogP contribution is -2.69. The lowest BCUT2D eigenvalue weighted by atomic mass is 9.72. The number of alkyl halides is 3. The third-order valence-electron chi connectivity index (χ3n) is 10.7. The van der Waals surface area contributed by atoms with E-state index < -0.39 is 71.8 Å². The van der Waals surface area contributed by atoms with Gasteiger partial charge in [0.15, 0.2) is 0 Å². The molecule has 1 aliphatic heterocycles. The Balaban J connectivity index is 1.91. The van der Waals surface area contributed by atoms with Crippen molar-refractivity contribution in [1.29, 1.82) is 0 Å². The molecule has 0 aromatic heterocycles. The molecule has 0 bridgehead atoms. The third-order valence-corrected chi connectivity index (χ3v) is 10.7. The molecular weight excluding hydrogens is 743 g/mol. The van der Waals surface area contributed by atoms with Crippen LogP contribution in [-0.4, -0.2) is 77.6 Å². The highest BCUT2D eigenvalue weighted by Gasteiger charge is 2.58. The summed E-state index contributed by atoms with van der Waals surface area (Å²) in [6, 6.07) is 11.1. The number of esters is 1. The molecule has 1 fully saturated rings. The number of benzene rings is 2. The largest absolute Gasteiger partial charge is 0.493 e. The van der Waals surface area contributed by atoms with Gasteiger partial charge < -0.3 is 31.6 Å². The van der Waals surface area contributed by atoms with Gasteiger partial charge in [0.2, 0.25) is 23.6 Å². The van der Waals surface area contributed by atoms with Gasteiger partial charge in [0.05, 0.1) is 31.0 Å². The Morgan fingerprint density at radius 2 is 1.63 bits per heavy atom. The summed E-state index contributed by atoms with van der Waals surface area (Å²) in [5, 5.41) is 5.57. The molecule has 57 heavy (non-hydrogen) atoms. The monoisotopic (exact) mass is 801 g/mol. The van der Waals surface area contributed by atoms with E-state index in [1.165, 1.54) is 0 Å². The minimum atomic E-state index is -5.40. The van der Waals surface area contributed by atoms with Crippen molar-refractivity contribution >= 4 is 35.3 Å². The van der Waals surface area contributed by atoms with Crippen LogP contribution < -0.4 is 26.8 Å². The van der Waals surface area contributed by atoms with E-state index in [0.717, 1.165) is 31.1 Å². The van der Waals surface area contributed by atoms with Gasteiger partial charge in [0.1, 0.15) is 17.4 Å². The van der Waals surface area contributed by atoms with Gasteiger partial charge in [-0.05, 0) is 60.8 Å². The number of amides is 4. The summed E-state index contributed by atoms with van der Waals surface area (Å²) in [6.45, 7) is 8.48. The lowest BCUT2D eigenvalue weighted by molar-refractivity contribution is -0.206. The van der Waals surface area contributed by atoms with Crippen LogP contribution in [-0.2, 0) is 35.1 Å². The molecule has 314 valence electrons. The Hall–Kier alpha value is -4.66. The van der Waals surface area contributed by atoms with Crippen LogP contribution in [0.2, 0.25) is 0 Å². The number of anilines is 1. The van der Waals surface area contributed by atoms with Crippen LogP contribution in [0.1, 0.15) is 103 Å². The standard InChI is InChI=1S/C42H58F3N5O7/c1-25(2)22-41(32-24-56-35-17-16-30(46)20-31(32)35,50(27(5)51)38(53)33(47)18-28-12-8-6-9-13-28)39(54)49-34(19-29-14-10-7-11-15-29)36(57-40(55)42(43,44)45)21-37(52)48-23-26(3)4/h6,8-9,12-13,16-17,20,25-26,29,32-34,36H,7,10-11,14-15,18-19,21-24,46-47H2,1-5H3,(H,48,52)(H,49,54)/t32?,33-,34-,36-,41-/m0/s1. The van der Waals surface area contributed by atoms with Gasteiger partial charge in [0, 0.05) is 24.7 Å². The van der Waals surface area contributed by atoms with Crippen LogP contribution >= 0.6 is 0 Å². The Kier molecular flexibility index (Phi) is 15.5. The first-order valence-electron chi connectivity index (χ1n) is 19.8. The van der Waals surface area contributed by atoms with E-state index in [9.17, 15) is 32.3 Å². The summed E-state index contributed by atoms with van der Waals surface area (Å²) in [5.74, 6) is -6.84. The van der Waals surface area contributed by atoms with Crippen molar-refractivity contribution in [3.05, 3.63) is 59.7 Å². The quantitative estimate of drug-likeness (QED) is 0.117. The minimum absolute atomic E-state index is 0.00780. The van der Waals surface area contributed by atoms with Crippen molar-refractivity contribution in [2.75, 3.05) is 18.9 Å². The highest BCUT2D eigenvalue weighted by atomic mass is 19.4. The number of carbonyl (C=O) groups is 5. The van der Waals surface area contributed by atoms with E-state index in [1.807, 2.05) is 13.8 Å². The highest BCUT2D eigenvalue weighted by molar-refractivity contribution is 6.04. The molecule has 12 nitrogen and oxygen atoms in total. The smallest absolute Gasteiger partial charge is 0.490 e. The summed E-state index contributed by atoms with van der Waals surface area (Å²) < 4.78 is 52.7. The van der Waals surface area contributed by atoms with Crippen LogP contribution in [0.25, 0.3) is 0 Å². The second-order valence-electron chi connectivity index (χ2n) is 16.3. The lowest BCUT2D eigenvalue weighted by Gasteiger charge is -2.47. The predicted octanol–water partition coefficient (Wildman–Crippen LogP) is 5.57. The number of imide groups is 1. The van der Waals surface area contributed by atoms with Crippen molar-refractivity contribution in [3.63, 3.8) is 0 Å². The van der Waals surface area contributed by atoms with Gasteiger partial charge in [-0.1, -0.05) is 90.1 Å². The molecule has 5 atom stereocenters. The molecule has 2 aromatic carbocycles. The maximum atomic E-state index is 15.6. The van der Waals surface area contributed by atoms with E-state index in [1.54, 1.807) is 62.4 Å². The first-order chi connectivity index (χ1) is 26.8. The topological polar surface area (TPSA) is 183 Å². The fraction of sp³-hybridized carbons (Fsp3) is 0.595. The molecule has 0 spiro atoms. The van der Waals surface area contributed by atoms with Gasteiger partial charge >= 0.3 is 12.1 Å². The molecule has 1 heterocycles. The molecule has 4 rings (SSSR count). The van der Waals surface area contributed by atoms with Crippen molar-refractivity contribution < 1.29 is 46.6 Å². The number of nitrogens with two attached hydrogens (primary N) is 2. The molecule has 15 heteroatoms. The molecular formula is C42H58F3N5O7. The SMILES string of the molecule is CC(=O)N(C(=O)[C@@H](N)Cc1ccccc1)[C@](CC(C)C)(C(=O)N[C@@H](CC1CCCCC1)[C@H](CC(=O)NCC(C)C)OC(=O)C(F)(F)F)C1COc2ccc(N)cc21. The van der Waals surface area contributed by atoms with Gasteiger partial charge in [0.25, 0.3) is 0 Å². The van der Waals surface area contributed by atoms with Crippen molar-refractivity contribution in [3.8, 4) is 5.75 Å². The second kappa shape index (κ2) is 19.7. The summed E-state index contributed by atoms with van der Waals surface area (Å²) in [6.07, 6.45) is -3.86. The zero-order valence-corrected chi connectivity index (χ0v) is 33.5. The zero-order chi connectivity index (χ0) is 42.1. The van der Waals surface area contributed by atoms with Crippen LogP contribution in [0.4, 0.5) is 18.9 Å². The average Bonchev–Trinajstić information content (AvgIpc) is 3.56. The van der Waals surface area contributed by atoms with Crippen molar-refractivity contribution in [2.45, 2.75) is 128 Å². The molecule has 0 saturated heterocycles. The van der Waals surface area contributed by atoms with Gasteiger partial charge in [-0.3, -0.25) is 24.1 Å². The molecule has 1 saturated carbocycles. The Morgan fingerprint density at radius 3 is 2.23 bits per heavy atom. The number of hydrogen-bond donors (Lipinski definition) is 4. The van der Waals surface area contributed by atoms with Crippen molar-refractivity contribution in [2.24, 2.45) is 23.5 Å². The summed E-state index contributed by atoms with van der Waals surface area (Å²) in [7, 11) is 0. The summed E-state index contributed by atoms with van der Waals surface area (Å²) >= 11 is 0. The maximum Gasteiger partial charge on any atom is 0.490 e. The van der Waals surface area contributed by atoms with Crippen molar-refractivity contribution in [1.82, 2.24) is 15.5 Å². The number of nitrogens with zero attached hydrogens (tertiary/aromatic N) is 1. The number of carbonyl (C=O) groups excluding carboxylic acids is 5.